The number of amides is 3. The van der Waals surface area contributed by atoms with Crippen molar-refractivity contribution in [3.05, 3.63) is 35.9 Å². The molecule has 5 N–H and O–H groups in total. The highest BCUT2D eigenvalue weighted by atomic mass is 19.3. The number of hydrogen-bond donors (Lipinski definition) is 3. The number of primary amides is 1. The summed E-state index contributed by atoms with van der Waals surface area (Å²) in [6, 6.07) is 6.42. The van der Waals surface area contributed by atoms with Gasteiger partial charge in [-0.15, -0.1) is 0 Å². The Morgan fingerprint density at radius 3 is 2.23 bits per heavy atom. The summed E-state index contributed by atoms with van der Waals surface area (Å²) in [5, 5.41) is 2.28. The fourth-order valence-corrected chi connectivity index (χ4v) is 1.87. The molecular weight excluding hydrogens is 346 g/mol. The second-order valence-corrected chi connectivity index (χ2v) is 6.14. The summed E-state index contributed by atoms with van der Waals surface area (Å²) in [5.41, 5.74) is 8.12. The van der Waals surface area contributed by atoms with Crippen LogP contribution in [0.25, 0.3) is 0 Å². The van der Waals surface area contributed by atoms with Crippen molar-refractivity contribution < 1.29 is 23.2 Å². The van der Waals surface area contributed by atoms with Gasteiger partial charge in [0.25, 0.3) is 5.91 Å². The minimum Gasteiger partial charge on any atom is -0.368 e. The van der Waals surface area contributed by atoms with Crippen molar-refractivity contribution in [2.75, 3.05) is 6.54 Å². The first-order valence-electron chi connectivity index (χ1n) is 7.90. The lowest BCUT2D eigenvalue weighted by Gasteiger charge is -2.22. The molecule has 0 heterocycles. The zero-order valence-corrected chi connectivity index (χ0v) is 14.6. The molecule has 0 unspecified atom stereocenters. The molecule has 0 saturated heterocycles. The summed E-state index contributed by atoms with van der Waals surface area (Å²) in [5.74, 6) is -7.43. The fraction of sp³-hybridized carbons (Fsp3) is 0.412. The average Bonchev–Trinajstić information content (AvgIpc) is 2.58. The molecule has 26 heavy (non-hydrogen) atoms. The largest absolute Gasteiger partial charge is 0.368 e. The number of alkyl halides is 2. The number of halogens is 2. The van der Waals surface area contributed by atoms with Gasteiger partial charge in [-0.1, -0.05) is 30.3 Å². The summed E-state index contributed by atoms with van der Waals surface area (Å²) in [4.78, 5) is 38.9. The summed E-state index contributed by atoms with van der Waals surface area (Å²) < 4.78 is 28.5. The molecule has 0 bridgehead atoms. The second kappa shape index (κ2) is 8.61. The highest BCUT2D eigenvalue weighted by Gasteiger charge is 2.41. The maximum Gasteiger partial charge on any atom is 0.352 e. The molecule has 1 aromatic rings. The van der Waals surface area contributed by atoms with E-state index in [1.165, 1.54) is 32.0 Å². The predicted molar refractivity (Wildman–Crippen MR) is 92.5 cm³/mol. The van der Waals surface area contributed by atoms with Crippen LogP contribution in [-0.4, -0.2) is 35.5 Å². The zero-order valence-electron chi connectivity index (χ0n) is 14.6. The molecule has 0 saturated carbocycles. The van der Waals surface area contributed by atoms with Gasteiger partial charge >= 0.3 is 11.8 Å². The van der Waals surface area contributed by atoms with Crippen LogP contribution in [0, 0.1) is 0 Å². The molecule has 0 aliphatic carbocycles. The van der Waals surface area contributed by atoms with Crippen LogP contribution >= 0.6 is 0 Å². The molecule has 0 atom stereocenters. The summed E-state index contributed by atoms with van der Waals surface area (Å²) in [7, 11) is 0. The Labute approximate surface area is 149 Å². The van der Waals surface area contributed by atoms with Crippen molar-refractivity contribution >= 4 is 23.4 Å². The number of aliphatic imine (C=N–C) groups is 1. The third-order valence-electron chi connectivity index (χ3n) is 3.56. The molecule has 0 aromatic heterocycles. The third kappa shape index (κ3) is 5.41. The second-order valence-electron chi connectivity index (χ2n) is 6.14. The van der Waals surface area contributed by atoms with Crippen molar-refractivity contribution in [1.29, 1.82) is 0 Å². The summed E-state index contributed by atoms with van der Waals surface area (Å²) in [6.07, 6.45) is 0.140. The quantitative estimate of drug-likeness (QED) is 0.588. The van der Waals surface area contributed by atoms with Crippen LogP contribution in [0.3, 0.4) is 0 Å². The van der Waals surface area contributed by atoms with Crippen molar-refractivity contribution in [2.24, 2.45) is 16.5 Å². The predicted octanol–water partition coefficient (Wildman–Crippen LogP) is 0.865. The van der Waals surface area contributed by atoms with E-state index < -0.39 is 40.5 Å². The number of nitrogens with one attached hydrogen (secondary N) is 1. The third-order valence-corrected chi connectivity index (χ3v) is 3.56. The van der Waals surface area contributed by atoms with Gasteiger partial charge in [-0.25, -0.2) is 4.99 Å². The van der Waals surface area contributed by atoms with Crippen LogP contribution in [0.4, 0.5) is 8.78 Å². The lowest BCUT2D eigenvalue weighted by Crippen LogP contribution is -2.54. The maximum absolute atomic E-state index is 14.3. The van der Waals surface area contributed by atoms with Gasteiger partial charge < -0.3 is 16.8 Å². The van der Waals surface area contributed by atoms with Gasteiger partial charge in [-0.3, -0.25) is 14.4 Å². The number of benzene rings is 1. The first-order valence-corrected chi connectivity index (χ1v) is 7.90. The van der Waals surface area contributed by atoms with Gasteiger partial charge in [-0.2, -0.15) is 8.78 Å². The van der Waals surface area contributed by atoms with Crippen LogP contribution in [0.2, 0.25) is 0 Å². The molecule has 0 spiro atoms. The number of hydrogen-bond acceptors (Lipinski definition) is 4. The van der Waals surface area contributed by atoms with Crippen LogP contribution in [0.5, 0.6) is 0 Å². The average molecular weight is 368 g/mol. The van der Waals surface area contributed by atoms with Gasteiger partial charge in [0.1, 0.15) is 11.3 Å². The van der Waals surface area contributed by atoms with Gasteiger partial charge in [0, 0.05) is 5.56 Å². The van der Waals surface area contributed by atoms with Crippen molar-refractivity contribution in [3.63, 3.8) is 0 Å². The van der Waals surface area contributed by atoms with Gasteiger partial charge in [0.15, 0.2) is 0 Å². The molecule has 0 radical (unpaired) electrons. The molecule has 7 nitrogen and oxygen atoms in total. The van der Waals surface area contributed by atoms with Crippen LogP contribution in [0.15, 0.2) is 35.3 Å². The summed E-state index contributed by atoms with van der Waals surface area (Å²) in [6.45, 7) is 2.84. The number of rotatable bonds is 8. The minimum atomic E-state index is -3.89. The van der Waals surface area contributed by atoms with Crippen LogP contribution < -0.4 is 16.8 Å². The Kier molecular flexibility index (Phi) is 7.08. The number of carbonyl (C=O) groups excluding carboxylic acids is 3. The normalized spacial score (nSPS) is 12.6. The zero-order chi connectivity index (χ0) is 20.0. The van der Waals surface area contributed by atoms with Crippen LogP contribution in [0.1, 0.15) is 32.3 Å². The van der Waals surface area contributed by atoms with Crippen molar-refractivity contribution in [1.82, 2.24) is 5.32 Å². The molecular formula is C17H22F2N4O3. The van der Waals surface area contributed by atoms with Gasteiger partial charge in [0.2, 0.25) is 5.91 Å². The molecule has 9 heteroatoms. The lowest BCUT2D eigenvalue weighted by atomic mass is 10.0. The van der Waals surface area contributed by atoms with Crippen molar-refractivity contribution in [2.45, 2.75) is 38.2 Å². The molecule has 0 aliphatic rings. The summed E-state index contributed by atoms with van der Waals surface area (Å²) >= 11 is 0. The van der Waals surface area contributed by atoms with E-state index in [1.807, 2.05) is 0 Å². The van der Waals surface area contributed by atoms with Crippen molar-refractivity contribution in [3.8, 4) is 0 Å². The Balaban J connectivity index is 3.12. The Morgan fingerprint density at radius 1 is 1.15 bits per heavy atom. The fourth-order valence-electron chi connectivity index (χ4n) is 1.87. The number of carbonyl (C=O) groups is 3. The SMILES string of the molecule is CC(C)(NC(=O)/C(CCCN)=N/C(=O)C(F)(F)c1ccccc1)C(N)=O. The van der Waals surface area contributed by atoms with E-state index >= 15 is 0 Å². The maximum atomic E-state index is 14.3. The minimum absolute atomic E-state index is 0.103. The highest BCUT2D eigenvalue weighted by Crippen LogP contribution is 2.29. The Hall–Kier alpha value is -2.68. The molecule has 1 aromatic carbocycles. The lowest BCUT2D eigenvalue weighted by molar-refractivity contribution is -0.143. The Morgan fingerprint density at radius 2 is 1.73 bits per heavy atom. The molecule has 3 amide bonds. The van der Waals surface area contributed by atoms with E-state index in [9.17, 15) is 23.2 Å². The number of nitrogens with two attached hydrogens (primary N) is 2. The van der Waals surface area contributed by atoms with E-state index in [0.717, 1.165) is 12.1 Å². The van der Waals surface area contributed by atoms with Gasteiger partial charge in [0.05, 0.1) is 0 Å². The molecule has 1 rings (SSSR count). The standard InChI is InChI=1S/C17H22F2N4O3/c1-16(2,14(21)25)23-13(24)12(9-6-10-20)22-15(26)17(18,19)11-7-4-3-5-8-11/h3-5,7-8H,6,9-10,20H2,1-2H3,(H2,21,25)(H,23,24)/b22-12+. The van der Waals surface area contributed by atoms with Crippen LogP contribution in [-0.2, 0) is 20.3 Å². The highest BCUT2D eigenvalue weighted by molar-refractivity contribution is 6.41. The van der Waals surface area contributed by atoms with E-state index in [0.29, 0.717) is 0 Å². The topological polar surface area (TPSA) is 128 Å². The monoisotopic (exact) mass is 368 g/mol. The van der Waals surface area contributed by atoms with E-state index in [1.54, 1.807) is 0 Å². The van der Waals surface area contributed by atoms with E-state index in [-0.39, 0.29) is 19.4 Å². The van der Waals surface area contributed by atoms with E-state index in [2.05, 4.69) is 10.3 Å². The first kappa shape index (κ1) is 21.4. The smallest absolute Gasteiger partial charge is 0.352 e. The Bertz CT molecular complexity index is 703. The molecule has 142 valence electrons. The van der Waals surface area contributed by atoms with E-state index in [4.69, 9.17) is 11.5 Å². The number of nitrogens with zero attached hydrogens (tertiary/aromatic N) is 1. The first-order chi connectivity index (χ1) is 12.0. The molecule has 0 fully saturated rings. The molecule has 0 aliphatic heterocycles. The van der Waals surface area contributed by atoms with Gasteiger partial charge in [-0.05, 0) is 33.2 Å².